The molecule has 1 N–H and O–H groups in total. The fraction of sp³-hybridized carbons (Fsp3) is 1.00. The fourth-order valence-corrected chi connectivity index (χ4v) is 1.37. The summed E-state index contributed by atoms with van der Waals surface area (Å²) in [5, 5.41) is 3.35. The molecule has 0 aromatic carbocycles. The number of rotatable bonds is 16. The molecule has 5 heteroatoms. The van der Waals surface area contributed by atoms with Crippen molar-refractivity contribution < 1.29 is 18.9 Å². The molecule has 0 amide bonds. The van der Waals surface area contributed by atoms with E-state index in [1.54, 1.807) is 0 Å². The summed E-state index contributed by atoms with van der Waals surface area (Å²) in [6.07, 6.45) is 4.10. The minimum atomic E-state index is 0.416. The van der Waals surface area contributed by atoms with Crippen LogP contribution in [0.4, 0.5) is 0 Å². The van der Waals surface area contributed by atoms with E-state index in [1.165, 1.54) is 0 Å². The molecule has 19 heavy (non-hydrogen) atoms. The summed E-state index contributed by atoms with van der Waals surface area (Å²) < 4.78 is 21.1. The molecular formula is C14H31NO4. The van der Waals surface area contributed by atoms with Crippen molar-refractivity contribution in [2.24, 2.45) is 0 Å². The second-order valence-electron chi connectivity index (χ2n) is 4.33. The Hall–Kier alpha value is -0.200. The molecule has 0 aliphatic heterocycles. The summed E-state index contributed by atoms with van der Waals surface area (Å²) in [6.45, 7) is 10.0. The van der Waals surface area contributed by atoms with E-state index in [0.717, 1.165) is 65.2 Å². The lowest BCUT2D eigenvalue weighted by molar-refractivity contribution is -0.0548. The van der Waals surface area contributed by atoms with Gasteiger partial charge >= 0.3 is 0 Å². The number of hydrogen-bond acceptors (Lipinski definition) is 5. The van der Waals surface area contributed by atoms with Gasteiger partial charge in [-0.25, -0.2) is 0 Å². The predicted molar refractivity (Wildman–Crippen MR) is 76.2 cm³/mol. The highest BCUT2D eigenvalue weighted by Gasteiger charge is 1.92. The van der Waals surface area contributed by atoms with Gasteiger partial charge in [-0.2, -0.15) is 0 Å². The minimum absolute atomic E-state index is 0.416. The monoisotopic (exact) mass is 277 g/mol. The molecule has 116 valence electrons. The minimum Gasteiger partial charge on any atom is -0.355 e. The highest BCUT2D eigenvalue weighted by atomic mass is 16.7. The van der Waals surface area contributed by atoms with E-state index in [9.17, 15) is 0 Å². The van der Waals surface area contributed by atoms with Crippen LogP contribution in [-0.4, -0.2) is 53.1 Å². The molecule has 0 aromatic heterocycles. The zero-order chi connectivity index (χ0) is 14.0. The average Bonchev–Trinajstić information content (AvgIpc) is 2.43. The lowest BCUT2D eigenvalue weighted by Gasteiger charge is -2.07. The van der Waals surface area contributed by atoms with E-state index in [0.29, 0.717) is 13.6 Å². The van der Waals surface area contributed by atoms with Crippen molar-refractivity contribution in [3.63, 3.8) is 0 Å². The SMILES string of the molecule is CCCOCOCCCNCCCOCOCCC. The van der Waals surface area contributed by atoms with E-state index in [1.807, 2.05) is 0 Å². The summed E-state index contributed by atoms with van der Waals surface area (Å²) in [6, 6.07) is 0. The lowest BCUT2D eigenvalue weighted by atomic mass is 10.4. The fourth-order valence-electron chi connectivity index (χ4n) is 1.37. The predicted octanol–water partition coefficient (Wildman–Crippen LogP) is 2.16. The molecule has 0 unspecified atom stereocenters. The molecule has 0 spiro atoms. The molecule has 0 aliphatic rings. The Bertz CT molecular complexity index is 142. The van der Waals surface area contributed by atoms with Gasteiger partial charge in [-0.3, -0.25) is 0 Å². The van der Waals surface area contributed by atoms with Gasteiger partial charge in [0.05, 0.1) is 13.2 Å². The van der Waals surface area contributed by atoms with Gasteiger partial charge in [0.25, 0.3) is 0 Å². The van der Waals surface area contributed by atoms with Crippen LogP contribution in [0.15, 0.2) is 0 Å². The Morgan fingerprint density at radius 2 is 1.05 bits per heavy atom. The molecule has 0 bridgehead atoms. The van der Waals surface area contributed by atoms with Gasteiger partial charge in [0, 0.05) is 13.2 Å². The molecule has 0 atom stereocenters. The molecule has 0 saturated heterocycles. The summed E-state index contributed by atoms with van der Waals surface area (Å²) in [4.78, 5) is 0. The first kappa shape index (κ1) is 18.8. The first-order valence-corrected chi connectivity index (χ1v) is 7.43. The number of nitrogens with one attached hydrogen (secondary N) is 1. The highest BCUT2D eigenvalue weighted by Crippen LogP contribution is 1.87. The van der Waals surface area contributed by atoms with Gasteiger partial charge in [0.15, 0.2) is 0 Å². The molecule has 0 fully saturated rings. The zero-order valence-electron chi connectivity index (χ0n) is 12.6. The summed E-state index contributed by atoms with van der Waals surface area (Å²) in [5.41, 5.74) is 0. The molecule has 0 radical (unpaired) electrons. The lowest BCUT2D eigenvalue weighted by Crippen LogP contribution is -2.20. The van der Waals surface area contributed by atoms with Gasteiger partial charge in [-0.15, -0.1) is 0 Å². The summed E-state index contributed by atoms with van der Waals surface area (Å²) in [7, 11) is 0. The van der Waals surface area contributed by atoms with Crippen LogP contribution in [0, 0.1) is 0 Å². The van der Waals surface area contributed by atoms with Crippen molar-refractivity contribution in [3.8, 4) is 0 Å². The Balaban J connectivity index is 2.88. The quantitative estimate of drug-likeness (QED) is 0.346. The first-order valence-electron chi connectivity index (χ1n) is 7.43. The van der Waals surface area contributed by atoms with E-state index < -0.39 is 0 Å². The summed E-state index contributed by atoms with van der Waals surface area (Å²) >= 11 is 0. The molecule has 0 aromatic rings. The highest BCUT2D eigenvalue weighted by molar-refractivity contribution is 4.47. The molecule has 0 aliphatic carbocycles. The van der Waals surface area contributed by atoms with Crippen molar-refractivity contribution in [2.75, 3.05) is 53.1 Å². The zero-order valence-corrected chi connectivity index (χ0v) is 12.6. The third kappa shape index (κ3) is 17.8. The molecule has 0 saturated carbocycles. The normalized spacial score (nSPS) is 11.1. The Morgan fingerprint density at radius 3 is 1.47 bits per heavy atom. The maximum atomic E-state index is 5.31. The van der Waals surface area contributed by atoms with Crippen LogP contribution < -0.4 is 5.32 Å². The second kappa shape index (κ2) is 17.8. The van der Waals surface area contributed by atoms with Crippen molar-refractivity contribution in [3.05, 3.63) is 0 Å². The van der Waals surface area contributed by atoms with E-state index in [2.05, 4.69) is 19.2 Å². The second-order valence-corrected chi connectivity index (χ2v) is 4.33. The third-order valence-electron chi connectivity index (χ3n) is 2.31. The van der Waals surface area contributed by atoms with E-state index in [4.69, 9.17) is 18.9 Å². The van der Waals surface area contributed by atoms with Gasteiger partial charge < -0.3 is 24.3 Å². The van der Waals surface area contributed by atoms with Crippen molar-refractivity contribution >= 4 is 0 Å². The first-order chi connectivity index (χ1) is 9.41. The summed E-state index contributed by atoms with van der Waals surface area (Å²) in [5.74, 6) is 0. The topological polar surface area (TPSA) is 49.0 Å². The molecule has 0 rings (SSSR count). The van der Waals surface area contributed by atoms with Crippen molar-refractivity contribution in [2.45, 2.75) is 39.5 Å². The van der Waals surface area contributed by atoms with Crippen molar-refractivity contribution in [1.82, 2.24) is 5.32 Å². The van der Waals surface area contributed by atoms with Crippen LogP contribution in [0.5, 0.6) is 0 Å². The Morgan fingerprint density at radius 1 is 0.632 bits per heavy atom. The van der Waals surface area contributed by atoms with Gasteiger partial charge in [0.2, 0.25) is 0 Å². The Labute approximate surface area is 117 Å². The maximum absolute atomic E-state index is 5.31. The molecular weight excluding hydrogens is 246 g/mol. The van der Waals surface area contributed by atoms with E-state index >= 15 is 0 Å². The van der Waals surface area contributed by atoms with Gasteiger partial charge in [0.1, 0.15) is 13.6 Å². The van der Waals surface area contributed by atoms with Crippen LogP contribution in [0.25, 0.3) is 0 Å². The van der Waals surface area contributed by atoms with Crippen LogP contribution >= 0.6 is 0 Å². The average molecular weight is 277 g/mol. The van der Waals surface area contributed by atoms with Crippen LogP contribution in [-0.2, 0) is 18.9 Å². The van der Waals surface area contributed by atoms with Crippen LogP contribution in [0.1, 0.15) is 39.5 Å². The smallest absolute Gasteiger partial charge is 0.146 e. The number of ether oxygens (including phenoxy) is 4. The third-order valence-corrected chi connectivity index (χ3v) is 2.31. The molecule has 5 nitrogen and oxygen atoms in total. The van der Waals surface area contributed by atoms with Gasteiger partial charge in [-0.1, -0.05) is 13.8 Å². The Kier molecular flexibility index (Phi) is 17.6. The molecule has 0 heterocycles. The standard InChI is InChI=1S/C14H31NO4/c1-3-9-16-13-18-11-5-7-15-8-6-12-19-14-17-10-4-2/h15H,3-14H2,1-2H3. The van der Waals surface area contributed by atoms with Gasteiger partial charge in [-0.05, 0) is 38.8 Å². The van der Waals surface area contributed by atoms with Crippen LogP contribution in [0.3, 0.4) is 0 Å². The van der Waals surface area contributed by atoms with Crippen LogP contribution in [0.2, 0.25) is 0 Å². The number of hydrogen-bond donors (Lipinski definition) is 1. The largest absolute Gasteiger partial charge is 0.355 e. The van der Waals surface area contributed by atoms with Crippen molar-refractivity contribution in [1.29, 1.82) is 0 Å². The van der Waals surface area contributed by atoms with E-state index in [-0.39, 0.29) is 0 Å². The maximum Gasteiger partial charge on any atom is 0.146 e.